The van der Waals surface area contributed by atoms with E-state index >= 15 is 0 Å². The van der Waals surface area contributed by atoms with Crippen LogP contribution in [-0.2, 0) is 0 Å². The van der Waals surface area contributed by atoms with Gasteiger partial charge in [0.25, 0.3) is 11.5 Å². The second-order valence-electron chi connectivity index (χ2n) is 6.73. The van der Waals surface area contributed by atoms with E-state index in [1.165, 1.54) is 18.9 Å². The number of likely N-dealkylation sites (tertiary alicyclic amines) is 1. The van der Waals surface area contributed by atoms with E-state index in [1.807, 2.05) is 24.3 Å². The highest BCUT2D eigenvalue weighted by atomic mass is 16.5. The fraction of sp³-hybridized carbons (Fsp3) is 0.300. The molecule has 3 aromatic rings. The molecule has 1 aromatic carbocycles. The Labute approximate surface area is 156 Å². The predicted octanol–water partition coefficient (Wildman–Crippen LogP) is 1.90. The lowest BCUT2D eigenvalue weighted by Crippen LogP contribution is -2.25. The number of carbonyl (C=O) groups is 1. The Bertz CT molecular complexity index is 1030. The molecule has 27 heavy (non-hydrogen) atoms. The number of nitrogens with one attached hydrogen (secondary N) is 2. The van der Waals surface area contributed by atoms with Gasteiger partial charge in [-0.1, -0.05) is 0 Å². The molecule has 1 aliphatic heterocycles. The van der Waals surface area contributed by atoms with Crippen LogP contribution in [0.1, 0.15) is 23.3 Å². The number of pyridine rings is 1. The molecule has 0 unspecified atom stereocenters. The van der Waals surface area contributed by atoms with Gasteiger partial charge in [0.1, 0.15) is 18.1 Å². The number of ether oxygens (including phenoxy) is 1. The molecule has 0 aliphatic carbocycles. The summed E-state index contributed by atoms with van der Waals surface area (Å²) in [6, 6.07) is 11.9. The number of carbonyl (C=O) groups excluding carboxylic acids is 1. The van der Waals surface area contributed by atoms with Crippen molar-refractivity contribution in [3.05, 3.63) is 52.4 Å². The van der Waals surface area contributed by atoms with Gasteiger partial charge in [-0.25, -0.2) is 0 Å². The quantitative estimate of drug-likeness (QED) is 0.620. The third-order valence-electron chi connectivity index (χ3n) is 4.85. The van der Waals surface area contributed by atoms with E-state index in [4.69, 9.17) is 10.5 Å². The molecule has 1 aliphatic rings. The maximum Gasteiger partial charge on any atom is 0.265 e. The number of hydrogen-bond acceptors (Lipinski definition) is 4. The van der Waals surface area contributed by atoms with E-state index < -0.39 is 11.5 Å². The van der Waals surface area contributed by atoms with Gasteiger partial charge < -0.3 is 20.4 Å². The SMILES string of the molecule is NC(=O)c1[c]cc(-c2cc3cc(OCCN4CCCC4)ccc3[nH]2)c(=O)[nH]1. The Balaban J connectivity index is 1.52. The summed E-state index contributed by atoms with van der Waals surface area (Å²) >= 11 is 0. The number of aromatic nitrogens is 2. The molecule has 0 spiro atoms. The number of nitrogens with zero attached hydrogens (tertiary/aromatic N) is 1. The molecule has 7 nitrogen and oxygen atoms in total. The summed E-state index contributed by atoms with van der Waals surface area (Å²) in [5.74, 6) is 0.0859. The molecule has 0 bridgehead atoms. The fourth-order valence-electron chi connectivity index (χ4n) is 3.40. The van der Waals surface area contributed by atoms with Gasteiger partial charge in [-0.3, -0.25) is 14.5 Å². The van der Waals surface area contributed by atoms with Gasteiger partial charge in [0, 0.05) is 23.5 Å². The summed E-state index contributed by atoms with van der Waals surface area (Å²) in [5.41, 5.74) is 6.68. The van der Waals surface area contributed by atoms with Crippen LogP contribution in [0, 0.1) is 6.07 Å². The second kappa shape index (κ2) is 7.28. The van der Waals surface area contributed by atoms with Crippen molar-refractivity contribution in [3.8, 4) is 17.0 Å². The highest BCUT2D eigenvalue weighted by molar-refractivity contribution is 5.91. The van der Waals surface area contributed by atoms with E-state index in [0.717, 1.165) is 36.3 Å². The number of aromatic amines is 2. The maximum absolute atomic E-state index is 12.2. The topological polar surface area (TPSA) is 104 Å². The van der Waals surface area contributed by atoms with Crippen molar-refractivity contribution < 1.29 is 9.53 Å². The Kier molecular flexibility index (Phi) is 4.68. The Morgan fingerprint density at radius 3 is 2.78 bits per heavy atom. The predicted molar refractivity (Wildman–Crippen MR) is 103 cm³/mol. The summed E-state index contributed by atoms with van der Waals surface area (Å²) in [6.07, 6.45) is 2.55. The van der Waals surface area contributed by atoms with Crippen molar-refractivity contribution in [2.45, 2.75) is 12.8 Å². The molecule has 4 rings (SSSR count). The van der Waals surface area contributed by atoms with Crippen molar-refractivity contribution in [1.82, 2.24) is 14.9 Å². The zero-order valence-electron chi connectivity index (χ0n) is 14.9. The number of fused-ring (bicyclic) bond motifs is 1. The molecule has 1 saturated heterocycles. The van der Waals surface area contributed by atoms with Crippen molar-refractivity contribution in [2.75, 3.05) is 26.2 Å². The van der Waals surface area contributed by atoms with Crippen LogP contribution in [0.5, 0.6) is 5.75 Å². The second-order valence-corrected chi connectivity index (χ2v) is 6.73. The molecule has 3 heterocycles. The zero-order valence-corrected chi connectivity index (χ0v) is 14.9. The van der Waals surface area contributed by atoms with Crippen molar-refractivity contribution in [1.29, 1.82) is 0 Å². The minimum atomic E-state index is -0.717. The van der Waals surface area contributed by atoms with Crippen LogP contribution in [0.3, 0.4) is 0 Å². The molecule has 1 amide bonds. The van der Waals surface area contributed by atoms with E-state index in [0.29, 0.717) is 17.9 Å². The van der Waals surface area contributed by atoms with Crippen LogP contribution >= 0.6 is 0 Å². The number of rotatable bonds is 6. The first-order valence-corrected chi connectivity index (χ1v) is 9.03. The number of H-pyrrole nitrogens is 2. The van der Waals surface area contributed by atoms with Crippen LogP contribution < -0.4 is 16.0 Å². The highest BCUT2D eigenvalue weighted by Gasteiger charge is 2.12. The van der Waals surface area contributed by atoms with E-state index in [2.05, 4.69) is 20.9 Å². The van der Waals surface area contributed by atoms with E-state index in [1.54, 1.807) is 0 Å². The number of hydrogen-bond donors (Lipinski definition) is 3. The van der Waals surface area contributed by atoms with Crippen LogP contribution in [0.4, 0.5) is 0 Å². The number of amides is 1. The van der Waals surface area contributed by atoms with E-state index in [9.17, 15) is 9.59 Å². The van der Waals surface area contributed by atoms with Crippen molar-refractivity contribution >= 4 is 16.8 Å². The summed E-state index contributed by atoms with van der Waals surface area (Å²) in [5, 5.41) is 0.946. The highest BCUT2D eigenvalue weighted by Crippen LogP contribution is 2.25. The number of primary amides is 1. The third kappa shape index (κ3) is 3.73. The Hall–Kier alpha value is -3.06. The first kappa shape index (κ1) is 17.4. The zero-order chi connectivity index (χ0) is 18.8. The van der Waals surface area contributed by atoms with Crippen LogP contribution in [-0.4, -0.2) is 47.0 Å². The first-order chi connectivity index (χ1) is 13.1. The summed E-state index contributed by atoms with van der Waals surface area (Å²) in [6.45, 7) is 3.91. The van der Waals surface area contributed by atoms with Gasteiger partial charge >= 0.3 is 0 Å². The molecule has 139 valence electrons. The van der Waals surface area contributed by atoms with Crippen LogP contribution in [0.2, 0.25) is 0 Å². The Morgan fingerprint density at radius 2 is 2.04 bits per heavy atom. The molecule has 1 radical (unpaired) electrons. The molecule has 0 atom stereocenters. The average Bonchev–Trinajstić information content (AvgIpc) is 3.30. The van der Waals surface area contributed by atoms with Gasteiger partial charge in [-0.15, -0.1) is 0 Å². The molecule has 1 fully saturated rings. The lowest BCUT2D eigenvalue weighted by molar-refractivity contribution is 0.0995. The lowest BCUT2D eigenvalue weighted by atomic mass is 10.1. The van der Waals surface area contributed by atoms with Crippen LogP contribution in [0.15, 0.2) is 35.1 Å². The van der Waals surface area contributed by atoms with E-state index in [-0.39, 0.29) is 5.69 Å². The standard InChI is InChI=1S/C20H21N4O3/c21-19(25)17-6-4-15(20(26)23-17)18-12-13-11-14(3-5-16(13)22-18)27-10-9-24-7-1-2-8-24/h3-5,11-12,22H,1-2,7-10H2,(H2,21,25)(H,23,26). The average molecular weight is 365 g/mol. The van der Waals surface area contributed by atoms with Gasteiger partial charge in [-0.2, -0.15) is 0 Å². The largest absolute Gasteiger partial charge is 0.492 e. The summed E-state index contributed by atoms with van der Waals surface area (Å²) < 4.78 is 5.88. The summed E-state index contributed by atoms with van der Waals surface area (Å²) in [7, 11) is 0. The maximum atomic E-state index is 12.2. The van der Waals surface area contributed by atoms with Gasteiger partial charge in [0.15, 0.2) is 0 Å². The van der Waals surface area contributed by atoms with Gasteiger partial charge in [0.05, 0.1) is 11.3 Å². The number of nitrogens with two attached hydrogens (primary N) is 1. The first-order valence-electron chi connectivity index (χ1n) is 9.03. The summed E-state index contributed by atoms with van der Waals surface area (Å²) in [4.78, 5) is 31.4. The molecule has 0 saturated carbocycles. The Morgan fingerprint density at radius 1 is 1.22 bits per heavy atom. The lowest BCUT2D eigenvalue weighted by Gasteiger charge is -2.14. The monoisotopic (exact) mass is 365 g/mol. The number of benzene rings is 1. The smallest absolute Gasteiger partial charge is 0.265 e. The third-order valence-corrected chi connectivity index (χ3v) is 4.85. The molecule has 4 N–H and O–H groups in total. The normalized spacial score (nSPS) is 14.7. The van der Waals surface area contributed by atoms with Gasteiger partial charge in [-0.05, 0) is 56.3 Å². The van der Waals surface area contributed by atoms with Crippen LogP contribution in [0.25, 0.3) is 22.2 Å². The minimum absolute atomic E-state index is 0.0338. The van der Waals surface area contributed by atoms with Gasteiger partial charge in [0.2, 0.25) is 0 Å². The molecular formula is C20H21N4O3. The molecule has 7 heteroatoms. The van der Waals surface area contributed by atoms with Crippen molar-refractivity contribution in [2.24, 2.45) is 5.73 Å². The molecular weight excluding hydrogens is 344 g/mol. The minimum Gasteiger partial charge on any atom is -0.492 e. The van der Waals surface area contributed by atoms with Crippen molar-refractivity contribution in [3.63, 3.8) is 0 Å². The molecule has 2 aromatic heterocycles. The fourth-order valence-corrected chi connectivity index (χ4v) is 3.40.